The van der Waals surface area contributed by atoms with E-state index in [2.05, 4.69) is 9.98 Å². The molecular formula is C48H91N15O15. The normalized spacial score (nSPS) is 12.6. The molecule has 0 saturated heterocycles. The number of phenolic OH excluding ortho intramolecular Hbond substituents is 1. The highest BCUT2D eigenvalue weighted by atomic mass is 16.4. The van der Waals surface area contributed by atoms with Crippen LogP contribution in [0.3, 0.4) is 0 Å². The quantitative estimate of drug-likeness (QED) is 0.0225. The summed E-state index contributed by atoms with van der Waals surface area (Å²) < 4.78 is 0. The number of carboxylic acid groups (broad SMARTS) is 7. The number of hydrogen-bond donors (Lipinski definition) is 21. The standard InChI is InChI=1S/C9H11NO3.C9H11NO2.2C6H14N4O2.2C6H14N2O2.C6H13NO2/c10-8(9(12)13)5-6-1-3-7(11)4-2-6;10-8(9(11)12)6-7-4-2-1-3-5-7;2*7-4(5(11)12)2-1-3-10-6(8)9;2*7-4-2-1-3-5(8)6(9)10;1-4(2)3-5(7)6(8)9/h1-4,8,11H,5,10H2,(H,12,13);1-5,8H,6,10H2,(H,11,12);2*4H,1-3,7H2,(H,11,12)(H4,8,9,10);2*5H,1-4,7-8H2,(H,9,10);4-5H,3,7H2,1-2H3,(H,8,9)/t2*8-;2*4-;3*5-/m0000000/s1. The Morgan fingerprint density at radius 3 is 0.936 bits per heavy atom. The van der Waals surface area contributed by atoms with Gasteiger partial charge in [0, 0.05) is 13.1 Å². The van der Waals surface area contributed by atoms with Crippen molar-refractivity contribution in [1.29, 1.82) is 0 Å². The number of aromatic hydroxyl groups is 1. The second-order valence-corrected chi connectivity index (χ2v) is 17.3. The number of rotatable bonds is 29. The van der Waals surface area contributed by atoms with Crippen LogP contribution in [0.1, 0.15) is 95.6 Å². The molecule has 78 heavy (non-hydrogen) atoms. The summed E-state index contributed by atoms with van der Waals surface area (Å²) in [5.74, 6) is -6.22. The van der Waals surface area contributed by atoms with Crippen LogP contribution in [0.15, 0.2) is 64.6 Å². The molecule has 34 N–H and O–H groups in total. The van der Waals surface area contributed by atoms with Gasteiger partial charge in [-0.25, -0.2) is 0 Å². The molecule has 0 heterocycles. The molecule has 0 aliphatic rings. The number of nitrogens with two attached hydrogens (primary N) is 13. The van der Waals surface area contributed by atoms with Gasteiger partial charge in [-0.3, -0.25) is 43.5 Å². The van der Waals surface area contributed by atoms with Crippen LogP contribution >= 0.6 is 0 Å². The Morgan fingerprint density at radius 2 is 0.692 bits per heavy atom. The maximum absolute atomic E-state index is 10.4. The van der Waals surface area contributed by atoms with Gasteiger partial charge in [-0.1, -0.05) is 69.2 Å². The van der Waals surface area contributed by atoms with Crippen molar-refractivity contribution >= 4 is 53.7 Å². The zero-order chi connectivity index (χ0) is 61.3. The third-order valence-corrected chi connectivity index (χ3v) is 9.51. The molecule has 0 fully saturated rings. The zero-order valence-corrected chi connectivity index (χ0v) is 44.7. The van der Waals surface area contributed by atoms with Crippen LogP contribution in [-0.2, 0) is 46.4 Å². The number of nitrogens with zero attached hydrogens (tertiary/aromatic N) is 2. The van der Waals surface area contributed by atoms with Gasteiger partial charge in [-0.2, -0.15) is 0 Å². The molecule has 0 aliphatic carbocycles. The highest BCUT2D eigenvalue weighted by Gasteiger charge is 2.15. The van der Waals surface area contributed by atoms with Crippen LogP contribution in [0.4, 0.5) is 0 Å². The smallest absolute Gasteiger partial charge is 0.320 e. The first-order chi connectivity index (χ1) is 36.3. The predicted octanol–water partition coefficient (Wildman–Crippen LogP) is -2.61. The van der Waals surface area contributed by atoms with Gasteiger partial charge in [-0.05, 0) is 113 Å². The molecular weight excluding hydrogens is 1030 g/mol. The van der Waals surface area contributed by atoms with Gasteiger partial charge in [0.2, 0.25) is 0 Å². The van der Waals surface area contributed by atoms with Crippen molar-refractivity contribution in [2.45, 2.75) is 140 Å². The summed E-state index contributed by atoms with van der Waals surface area (Å²) in [5.41, 5.74) is 69.1. The fourth-order valence-electron chi connectivity index (χ4n) is 5.09. The van der Waals surface area contributed by atoms with Gasteiger partial charge in [0.15, 0.2) is 11.9 Å². The van der Waals surface area contributed by atoms with E-state index in [1.807, 2.05) is 44.2 Å². The van der Waals surface area contributed by atoms with Gasteiger partial charge < -0.3 is 115 Å². The second kappa shape index (κ2) is 50.5. The van der Waals surface area contributed by atoms with E-state index < -0.39 is 84.1 Å². The molecule has 0 spiro atoms. The third kappa shape index (κ3) is 56.4. The Balaban J connectivity index is -0.000000267. The van der Waals surface area contributed by atoms with E-state index >= 15 is 0 Å². The molecule has 2 aromatic rings. The molecule has 0 bridgehead atoms. The largest absolute Gasteiger partial charge is 0.508 e. The topological polar surface area (TPSA) is 644 Å². The summed E-state index contributed by atoms with van der Waals surface area (Å²) in [4.78, 5) is 79.0. The Kier molecular flexibility index (Phi) is 51.5. The van der Waals surface area contributed by atoms with Crippen LogP contribution in [0.25, 0.3) is 0 Å². The van der Waals surface area contributed by atoms with Crippen LogP contribution in [0.5, 0.6) is 5.75 Å². The number of carbonyl (C=O) groups is 7. The maximum atomic E-state index is 10.4. The van der Waals surface area contributed by atoms with Gasteiger partial charge in [0.1, 0.15) is 48.0 Å². The van der Waals surface area contributed by atoms with E-state index in [1.54, 1.807) is 12.1 Å². The van der Waals surface area contributed by atoms with E-state index in [-0.39, 0.29) is 24.1 Å². The molecule has 2 rings (SSSR count). The van der Waals surface area contributed by atoms with E-state index in [4.69, 9.17) is 115 Å². The van der Waals surface area contributed by atoms with Gasteiger partial charge in [-0.15, -0.1) is 0 Å². The highest BCUT2D eigenvalue weighted by molar-refractivity contribution is 5.77. The van der Waals surface area contributed by atoms with Gasteiger partial charge >= 0.3 is 41.8 Å². The summed E-state index contributed by atoms with van der Waals surface area (Å²) in [7, 11) is 0. The lowest BCUT2D eigenvalue weighted by atomic mass is 10.1. The molecule has 0 aromatic heterocycles. The average Bonchev–Trinajstić information content (AvgIpc) is 3.35. The van der Waals surface area contributed by atoms with Crippen molar-refractivity contribution in [2.24, 2.45) is 90.4 Å². The first-order valence-corrected chi connectivity index (χ1v) is 24.5. The first-order valence-electron chi connectivity index (χ1n) is 24.5. The molecule has 30 heteroatoms. The Labute approximate surface area is 454 Å². The number of benzene rings is 2. The molecule has 30 nitrogen and oxygen atoms in total. The van der Waals surface area contributed by atoms with Crippen molar-refractivity contribution in [3.8, 4) is 5.75 Å². The summed E-state index contributed by atoms with van der Waals surface area (Å²) in [6.45, 7) is 5.94. The van der Waals surface area contributed by atoms with E-state index in [1.165, 1.54) is 12.1 Å². The Morgan fingerprint density at radius 1 is 0.410 bits per heavy atom. The lowest BCUT2D eigenvalue weighted by Gasteiger charge is -2.07. The molecule has 0 unspecified atom stereocenters. The third-order valence-electron chi connectivity index (χ3n) is 9.51. The number of phenols is 1. The van der Waals surface area contributed by atoms with Crippen molar-refractivity contribution in [3.05, 3.63) is 65.7 Å². The van der Waals surface area contributed by atoms with Crippen molar-refractivity contribution < 1.29 is 74.4 Å². The lowest BCUT2D eigenvalue weighted by molar-refractivity contribution is -0.139. The van der Waals surface area contributed by atoms with Crippen LogP contribution in [0, 0.1) is 5.92 Å². The van der Waals surface area contributed by atoms with Gasteiger partial charge in [0.25, 0.3) is 0 Å². The molecule has 0 radical (unpaired) electrons. The highest BCUT2D eigenvalue weighted by Crippen LogP contribution is 2.11. The number of carboxylic acids is 7. The van der Waals surface area contributed by atoms with E-state index in [9.17, 15) is 33.6 Å². The number of aliphatic imine (C=N–C) groups is 2. The van der Waals surface area contributed by atoms with E-state index in [0.29, 0.717) is 83.5 Å². The minimum Gasteiger partial charge on any atom is -0.508 e. The molecule has 2 aromatic carbocycles. The molecule has 7 atom stereocenters. The minimum atomic E-state index is -1.02. The fraction of sp³-hybridized carbons (Fsp3) is 0.562. The minimum absolute atomic E-state index is 0.0129. The molecule has 0 amide bonds. The Bertz CT molecular complexity index is 1910. The van der Waals surface area contributed by atoms with Crippen LogP contribution in [-0.4, -0.2) is 163 Å². The number of aliphatic carboxylic acids is 7. The van der Waals surface area contributed by atoms with Crippen molar-refractivity contribution in [3.63, 3.8) is 0 Å². The molecule has 0 saturated carbocycles. The van der Waals surface area contributed by atoms with E-state index in [0.717, 1.165) is 36.8 Å². The zero-order valence-electron chi connectivity index (χ0n) is 44.7. The number of guanidine groups is 2. The summed E-state index contributed by atoms with van der Waals surface area (Å²) in [6.07, 6.45) is 7.45. The number of hydrogen-bond acceptors (Lipinski definition) is 19. The van der Waals surface area contributed by atoms with Gasteiger partial charge in [0.05, 0.1) is 0 Å². The molecule has 448 valence electrons. The fourth-order valence-corrected chi connectivity index (χ4v) is 5.09. The first kappa shape index (κ1) is 79.6. The molecule has 0 aliphatic heterocycles. The second-order valence-electron chi connectivity index (χ2n) is 17.3. The van der Waals surface area contributed by atoms with Crippen molar-refractivity contribution in [2.75, 3.05) is 26.2 Å². The Hall–Kier alpha value is -7.29. The predicted molar refractivity (Wildman–Crippen MR) is 296 cm³/mol. The SMILES string of the molecule is CC(C)C[C@H](N)C(=O)O.NC(N)=NCCC[C@H](N)C(=O)O.NC(N)=NCCC[C@H](N)C(=O)O.NCCCC[C@H](N)C(=O)O.NCCCC[C@H](N)C(=O)O.N[C@@H](Cc1ccc(O)cc1)C(=O)O.N[C@@H](Cc1ccccc1)C(=O)O. The number of unbranched alkanes of at least 4 members (excludes halogenated alkanes) is 2. The average molecular weight is 1120 g/mol. The monoisotopic (exact) mass is 1120 g/mol. The summed E-state index contributed by atoms with van der Waals surface area (Å²) >= 11 is 0. The van der Waals surface area contributed by atoms with Crippen molar-refractivity contribution in [1.82, 2.24) is 0 Å². The van der Waals surface area contributed by atoms with Crippen LogP contribution in [0.2, 0.25) is 0 Å². The maximum Gasteiger partial charge on any atom is 0.320 e. The van der Waals surface area contributed by atoms with Crippen LogP contribution < -0.4 is 74.5 Å². The lowest BCUT2D eigenvalue weighted by Crippen LogP contribution is -2.32. The summed E-state index contributed by atoms with van der Waals surface area (Å²) in [6, 6.07) is 10.2. The summed E-state index contributed by atoms with van der Waals surface area (Å²) in [5, 5.41) is 67.7.